The second-order valence-corrected chi connectivity index (χ2v) is 5.15. The first-order valence-electron chi connectivity index (χ1n) is 5.46. The van der Waals surface area contributed by atoms with Crippen molar-refractivity contribution in [1.29, 1.82) is 0 Å². The van der Waals surface area contributed by atoms with Gasteiger partial charge in [-0.2, -0.15) is 0 Å². The third kappa shape index (κ3) is 1.66. The van der Waals surface area contributed by atoms with Crippen LogP contribution in [0.5, 0.6) is 0 Å². The van der Waals surface area contributed by atoms with E-state index < -0.39 is 0 Å². The van der Waals surface area contributed by atoms with Crippen molar-refractivity contribution in [1.82, 2.24) is 9.38 Å². The quantitative estimate of drug-likeness (QED) is 0.803. The lowest BCUT2D eigenvalue weighted by molar-refractivity contribution is 0.193. The highest BCUT2D eigenvalue weighted by Gasteiger charge is 2.20. The fraction of sp³-hybridized carbons (Fsp3) is 0.417. The van der Waals surface area contributed by atoms with Crippen molar-refractivity contribution in [2.24, 2.45) is 0 Å². The number of rotatable bonds is 1. The lowest BCUT2D eigenvalue weighted by Crippen LogP contribution is -1.96. The first-order chi connectivity index (χ1) is 7.74. The van der Waals surface area contributed by atoms with Crippen LogP contribution in [0.2, 0.25) is 0 Å². The molecule has 16 heavy (non-hydrogen) atoms. The van der Waals surface area contributed by atoms with Gasteiger partial charge < -0.3 is 9.14 Å². The average Bonchev–Trinajstić information content (AvgIpc) is 2.86. The number of aromatic nitrogens is 2. The van der Waals surface area contributed by atoms with Crippen LogP contribution in [0.3, 0.4) is 0 Å². The van der Waals surface area contributed by atoms with E-state index in [4.69, 9.17) is 4.74 Å². The van der Waals surface area contributed by atoms with Gasteiger partial charge in [0.05, 0.1) is 12.3 Å². The SMILES string of the molecule is Cc1cc2nc(C3CCOC3)cn2cc1Br. The van der Waals surface area contributed by atoms with E-state index in [1.54, 1.807) is 0 Å². The number of hydrogen-bond acceptors (Lipinski definition) is 2. The van der Waals surface area contributed by atoms with Crippen molar-refractivity contribution in [2.45, 2.75) is 19.3 Å². The van der Waals surface area contributed by atoms with E-state index in [9.17, 15) is 0 Å². The van der Waals surface area contributed by atoms with Gasteiger partial charge in [-0.3, -0.25) is 0 Å². The van der Waals surface area contributed by atoms with Gasteiger partial charge in [0.1, 0.15) is 5.65 Å². The molecule has 84 valence electrons. The van der Waals surface area contributed by atoms with Crippen LogP contribution in [-0.4, -0.2) is 22.6 Å². The second-order valence-electron chi connectivity index (χ2n) is 4.30. The van der Waals surface area contributed by atoms with E-state index >= 15 is 0 Å². The maximum Gasteiger partial charge on any atom is 0.137 e. The van der Waals surface area contributed by atoms with E-state index in [-0.39, 0.29) is 0 Å². The van der Waals surface area contributed by atoms with E-state index in [0.717, 1.165) is 35.4 Å². The molecule has 0 radical (unpaired) electrons. The molecule has 3 nitrogen and oxygen atoms in total. The Labute approximate surface area is 103 Å². The van der Waals surface area contributed by atoms with Gasteiger partial charge in [0, 0.05) is 29.4 Å². The van der Waals surface area contributed by atoms with Gasteiger partial charge in [-0.25, -0.2) is 4.98 Å². The molecule has 1 aliphatic heterocycles. The van der Waals surface area contributed by atoms with Crippen LogP contribution in [0.25, 0.3) is 5.65 Å². The van der Waals surface area contributed by atoms with Crippen molar-refractivity contribution >= 4 is 21.6 Å². The van der Waals surface area contributed by atoms with E-state index in [2.05, 4.69) is 50.7 Å². The summed E-state index contributed by atoms with van der Waals surface area (Å²) in [5.74, 6) is 0.471. The van der Waals surface area contributed by atoms with Gasteiger partial charge in [-0.05, 0) is 40.9 Å². The Morgan fingerprint density at radius 3 is 3.12 bits per heavy atom. The minimum atomic E-state index is 0.471. The highest BCUT2D eigenvalue weighted by molar-refractivity contribution is 9.10. The largest absolute Gasteiger partial charge is 0.381 e. The van der Waals surface area contributed by atoms with Gasteiger partial charge in [-0.15, -0.1) is 0 Å². The second kappa shape index (κ2) is 3.86. The number of aryl methyl sites for hydroxylation is 1. The van der Waals surface area contributed by atoms with E-state index in [1.807, 2.05) is 0 Å². The molecule has 1 saturated heterocycles. The van der Waals surface area contributed by atoms with Gasteiger partial charge in [0.25, 0.3) is 0 Å². The zero-order valence-electron chi connectivity index (χ0n) is 9.11. The molecule has 0 aliphatic carbocycles. The first kappa shape index (κ1) is 10.3. The third-order valence-electron chi connectivity index (χ3n) is 3.10. The molecule has 1 unspecified atom stereocenters. The molecule has 2 aromatic rings. The number of halogens is 1. The molecule has 1 atom stereocenters. The van der Waals surface area contributed by atoms with E-state index in [0.29, 0.717) is 5.92 Å². The zero-order chi connectivity index (χ0) is 11.1. The molecule has 0 aromatic carbocycles. The summed E-state index contributed by atoms with van der Waals surface area (Å²) in [6.07, 6.45) is 5.26. The number of imidazole rings is 1. The minimum Gasteiger partial charge on any atom is -0.381 e. The molecule has 3 rings (SSSR count). The van der Waals surface area contributed by atoms with Crippen LogP contribution in [0.1, 0.15) is 23.6 Å². The van der Waals surface area contributed by atoms with E-state index in [1.165, 1.54) is 5.56 Å². The lowest BCUT2D eigenvalue weighted by atomic mass is 10.1. The van der Waals surface area contributed by atoms with Crippen molar-refractivity contribution in [2.75, 3.05) is 13.2 Å². The average molecular weight is 281 g/mol. The number of hydrogen-bond donors (Lipinski definition) is 0. The molecule has 0 N–H and O–H groups in total. The maximum absolute atomic E-state index is 5.40. The molecule has 1 fully saturated rings. The lowest BCUT2D eigenvalue weighted by Gasteiger charge is -2.00. The molecule has 1 aliphatic rings. The summed E-state index contributed by atoms with van der Waals surface area (Å²) >= 11 is 3.54. The summed E-state index contributed by atoms with van der Waals surface area (Å²) in [7, 11) is 0. The standard InChI is InChI=1S/C12H13BrN2O/c1-8-4-12-14-11(9-2-3-16-7-9)6-15(12)5-10(8)13/h4-6,9H,2-3,7H2,1H3. The van der Waals surface area contributed by atoms with Crippen molar-refractivity contribution in [3.63, 3.8) is 0 Å². The number of pyridine rings is 1. The molecule has 0 bridgehead atoms. The topological polar surface area (TPSA) is 26.5 Å². The Bertz CT molecular complexity index is 490. The number of nitrogens with zero attached hydrogens (tertiary/aromatic N) is 2. The highest BCUT2D eigenvalue weighted by atomic mass is 79.9. The molecule has 4 heteroatoms. The maximum atomic E-state index is 5.40. The summed E-state index contributed by atoms with van der Waals surface area (Å²) in [4.78, 5) is 4.66. The predicted octanol–water partition coefficient (Wildman–Crippen LogP) is 2.91. The zero-order valence-corrected chi connectivity index (χ0v) is 10.7. The highest BCUT2D eigenvalue weighted by Crippen LogP contribution is 2.26. The van der Waals surface area contributed by atoms with Gasteiger partial charge in [0.2, 0.25) is 0 Å². The summed E-state index contributed by atoms with van der Waals surface area (Å²) < 4.78 is 8.59. The van der Waals surface area contributed by atoms with Crippen molar-refractivity contribution in [3.8, 4) is 0 Å². The van der Waals surface area contributed by atoms with Crippen LogP contribution < -0.4 is 0 Å². The Hall–Kier alpha value is -0.870. The third-order valence-corrected chi connectivity index (χ3v) is 3.93. The Kier molecular flexibility index (Phi) is 2.48. The molecule has 0 amide bonds. The predicted molar refractivity (Wildman–Crippen MR) is 65.8 cm³/mol. The Balaban J connectivity index is 2.08. The Morgan fingerprint density at radius 1 is 1.50 bits per heavy atom. The fourth-order valence-corrected chi connectivity index (χ4v) is 2.42. The summed E-state index contributed by atoms with van der Waals surface area (Å²) in [6.45, 7) is 3.75. The van der Waals surface area contributed by atoms with Crippen LogP contribution in [0.15, 0.2) is 22.9 Å². The molecular formula is C12H13BrN2O. The summed E-state index contributed by atoms with van der Waals surface area (Å²) in [6, 6.07) is 2.10. The summed E-state index contributed by atoms with van der Waals surface area (Å²) in [5.41, 5.74) is 3.38. The molecular weight excluding hydrogens is 268 g/mol. The first-order valence-corrected chi connectivity index (χ1v) is 6.26. The molecule has 2 aromatic heterocycles. The molecule has 3 heterocycles. The normalized spacial score (nSPS) is 20.8. The number of fused-ring (bicyclic) bond motifs is 1. The van der Waals surface area contributed by atoms with Crippen LogP contribution in [-0.2, 0) is 4.74 Å². The minimum absolute atomic E-state index is 0.471. The van der Waals surface area contributed by atoms with Crippen LogP contribution in [0.4, 0.5) is 0 Å². The van der Waals surface area contributed by atoms with Crippen molar-refractivity contribution < 1.29 is 4.74 Å². The smallest absolute Gasteiger partial charge is 0.137 e. The van der Waals surface area contributed by atoms with Gasteiger partial charge >= 0.3 is 0 Å². The van der Waals surface area contributed by atoms with Crippen LogP contribution >= 0.6 is 15.9 Å². The molecule has 0 spiro atoms. The van der Waals surface area contributed by atoms with Gasteiger partial charge in [0.15, 0.2) is 0 Å². The molecule has 0 saturated carbocycles. The fourth-order valence-electron chi connectivity index (χ4n) is 2.09. The van der Waals surface area contributed by atoms with Crippen LogP contribution in [0, 0.1) is 6.92 Å². The monoisotopic (exact) mass is 280 g/mol. The Morgan fingerprint density at radius 2 is 2.38 bits per heavy atom. The summed E-state index contributed by atoms with van der Waals surface area (Å²) in [5, 5.41) is 0. The van der Waals surface area contributed by atoms with Gasteiger partial charge in [-0.1, -0.05) is 0 Å². The number of ether oxygens (including phenoxy) is 1. The van der Waals surface area contributed by atoms with Crippen molar-refractivity contribution in [3.05, 3.63) is 34.2 Å².